The highest BCUT2D eigenvalue weighted by atomic mass is 14.9. The van der Waals surface area contributed by atoms with Gasteiger partial charge in [-0.05, 0) is 59.1 Å². The highest BCUT2D eigenvalue weighted by Crippen LogP contribution is 2.08. The lowest BCUT2D eigenvalue weighted by Crippen LogP contribution is -2.36. The molecule has 0 heterocycles. The minimum atomic E-state index is 0.261. The highest BCUT2D eigenvalue weighted by molar-refractivity contribution is 5.21. The first-order chi connectivity index (χ1) is 7.97. The molecule has 0 atom stereocenters. The van der Waals surface area contributed by atoms with Gasteiger partial charge in [0.05, 0.1) is 0 Å². The summed E-state index contributed by atoms with van der Waals surface area (Å²) in [5.41, 5.74) is 3.08. The second-order valence-corrected chi connectivity index (χ2v) is 5.97. The maximum Gasteiger partial charge on any atom is 0.00965 e. The molecule has 1 aromatic carbocycles. The number of aryl methyl sites for hydroxylation is 2. The quantitative estimate of drug-likeness (QED) is 0.730. The number of benzene rings is 1. The van der Waals surface area contributed by atoms with Gasteiger partial charge in [0, 0.05) is 5.54 Å². The van der Waals surface area contributed by atoms with Crippen molar-refractivity contribution < 1.29 is 0 Å². The molecule has 96 valence electrons. The average Bonchev–Trinajstić information content (AvgIpc) is 2.24. The van der Waals surface area contributed by atoms with Crippen molar-refractivity contribution >= 4 is 0 Å². The third-order valence-electron chi connectivity index (χ3n) is 2.92. The van der Waals surface area contributed by atoms with E-state index in [2.05, 4.69) is 57.3 Å². The zero-order chi connectivity index (χ0) is 12.7. The number of hydrogen-bond donors (Lipinski definition) is 1. The summed E-state index contributed by atoms with van der Waals surface area (Å²) in [6.45, 7) is 9.94. The minimum Gasteiger partial charge on any atom is -0.312 e. The highest BCUT2D eigenvalue weighted by Gasteiger charge is 2.06. The Labute approximate surface area is 107 Å². The van der Waals surface area contributed by atoms with E-state index in [0.717, 1.165) is 6.54 Å². The molecule has 1 nitrogen and oxygen atoms in total. The molecule has 0 amide bonds. The summed E-state index contributed by atoms with van der Waals surface area (Å²) < 4.78 is 0. The van der Waals surface area contributed by atoms with Crippen molar-refractivity contribution in [3.63, 3.8) is 0 Å². The Hall–Kier alpha value is -0.820. The van der Waals surface area contributed by atoms with Gasteiger partial charge < -0.3 is 5.32 Å². The summed E-state index contributed by atoms with van der Waals surface area (Å²) >= 11 is 0. The van der Waals surface area contributed by atoms with Gasteiger partial charge in [-0.2, -0.15) is 0 Å². The lowest BCUT2D eigenvalue weighted by atomic mass is 10.0. The van der Waals surface area contributed by atoms with E-state index in [1.807, 2.05) is 0 Å². The van der Waals surface area contributed by atoms with E-state index in [4.69, 9.17) is 0 Å². The van der Waals surface area contributed by atoms with Gasteiger partial charge in [0.2, 0.25) is 0 Å². The molecule has 0 spiro atoms. The van der Waals surface area contributed by atoms with E-state index in [1.54, 1.807) is 0 Å². The van der Waals surface area contributed by atoms with E-state index in [9.17, 15) is 0 Å². The van der Waals surface area contributed by atoms with Crippen molar-refractivity contribution in [3.05, 3.63) is 35.4 Å². The molecule has 0 radical (unpaired) electrons. The number of hydrogen-bond acceptors (Lipinski definition) is 1. The monoisotopic (exact) mass is 233 g/mol. The summed E-state index contributed by atoms with van der Waals surface area (Å²) in [7, 11) is 0. The zero-order valence-corrected chi connectivity index (χ0v) is 11.8. The zero-order valence-electron chi connectivity index (χ0n) is 11.8. The van der Waals surface area contributed by atoms with Gasteiger partial charge in [-0.15, -0.1) is 0 Å². The van der Waals surface area contributed by atoms with Crippen molar-refractivity contribution in [1.82, 2.24) is 5.32 Å². The van der Waals surface area contributed by atoms with Crippen LogP contribution in [0.2, 0.25) is 0 Å². The van der Waals surface area contributed by atoms with Crippen LogP contribution in [0.1, 0.15) is 51.2 Å². The van der Waals surface area contributed by atoms with Crippen molar-refractivity contribution in [2.24, 2.45) is 0 Å². The van der Waals surface area contributed by atoms with Crippen LogP contribution in [0.4, 0.5) is 0 Å². The topological polar surface area (TPSA) is 12.0 Å². The first-order valence-electron chi connectivity index (χ1n) is 6.78. The lowest BCUT2D eigenvalue weighted by Gasteiger charge is -2.20. The summed E-state index contributed by atoms with van der Waals surface area (Å²) in [6, 6.07) is 8.92. The Bertz CT molecular complexity index is 305. The van der Waals surface area contributed by atoms with Gasteiger partial charge in [-0.3, -0.25) is 0 Å². The molecule has 1 aromatic rings. The molecular formula is C16H27N. The fourth-order valence-electron chi connectivity index (χ4n) is 1.85. The minimum absolute atomic E-state index is 0.261. The maximum absolute atomic E-state index is 3.53. The molecular weight excluding hydrogens is 206 g/mol. The van der Waals surface area contributed by atoms with Gasteiger partial charge >= 0.3 is 0 Å². The van der Waals surface area contributed by atoms with E-state index in [0.29, 0.717) is 0 Å². The summed E-state index contributed by atoms with van der Waals surface area (Å²) in [4.78, 5) is 0. The Kier molecular flexibility index (Phi) is 5.70. The van der Waals surface area contributed by atoms with Crippen LogP contribution in [0, 0.1) is 6.92 Å². The third-order valence-corrected chi connectivity index (χ3v) is 2.92. The predicted octanol–water partition coefficient (Wildman–Crippen LogP) is 4.10. The van der Waals surface area contributed by atoms with Crippen LogP contribution < -0.4 is 5.32 Å². The van der Waals surface area contributed by atoms with Crippen molar-refractivity contribution in [2.45, 2.75) is 58.9 Å². The predicted molar refractivity (Wildman–Crippen MR) is 76.5 cm³/mol. The third kappa shape index (κ3) is 7.17. The second-order valence-electron chi connectivity index (χ2n) is 5.97. The fraction of sp³-hybridized carbons (Fsp3) is 0.625. The molecule has 0 bridgehead atoms. The first-order valence-corrected chi connectivity index (χ1v) is 6.78. The molecule has 0 aliphatic rings. The van der Waals surface area contributed by atoms with Crippen LogP contribution in [0.25, 0.3) is 0 Å². The summed E-state index contributed by atoms with van der Waals surface area (Å²) in [6.07, 6.45) is 5.12. The Morgan fingerprint density at radius 2 is 1.59 bits per heavy atom. The van der Waals surface area contributed by atoms with Gasteiger partial charge in [-0.1, -0.05) is 36.2 Å². The molecule has 0 saturated heterocycles. The molecule has 1 N–H and O–H groups in total. The van der Waals surface area contributed by atoms with Gasteiger partial charge in [0.15, 0.2) is 0 Å². The maximum atomic E-state index is 3.53. The fourth-order valence-corrected chi connectivity index (χ4v) is 1.85. The van der Waals surface area contributed by atoms with Crippen LogP contribution in [-0.4, -0.2) is 12.1 Å². The molecule has 17 heavy (non-hydrogen) atoms. The van der Waals surface area contributed by atoms with E-state index < -0.39 is 0 Å². The van der Waals surface area contributed by atoms with Gasteiger partial charge in [0.1, 0.15) is 0 Å². The van der Waals surface area contributed by atoms with E-state index in [-0.39, 0.29) is 5.54 Å². The van der Waals surface area contributed by atoms with Gasteiger partial charge in [0.25, 0.3) is 0 Å². The Balaban J connectivity index is 2.07. The Morgan fingerprint density at radius 3 is 2.18 bits per heavy atom. The Morgan fingerprint density at radius 1 is 0.941 bits per heavy atom. The number of unbranched alkanes of at least 4 members (excludes halogenated alkanes) is 2. The van der Waals surface area contributed by atoms with Crippen LogP contribution in [0.5, 0.6) is 0 Å². The SMILES string of the molecule is Cc1ccc(CCCCCNC(C)(C)C)cc1. The molecule has 0 aliphatic heterocycles. The lowest BCUT2D eigenvalue weighted by molar-refractivity contribution is 0.417. The average molecular weight is 233 g/mol. The summed E-state index contributed by atoms with van der Waals surface area (Å²) in [5, 5.41) is 3.53. The van der Waals surface area contributed by atoms with Crippen LogP contribution >= 0.6 is 0 Å². The van der Waals surface area contributed by atoms with E-state index >= 15 is 0 Å². The largest absolute Gasteiger partial charge is 0.312 e. The van der Waals surface area contributed by atoms with Crippen molar-refractivity contribution in [3.8, 4) is 0 Å². The van der Waals surface area contributed by atoms with Crippen LogP contribution in [0.15, 0.2) is 24.3 Å². The molecule has 0 fully saturated rings. The number of rotatable bonds is 6. The van der Waals surface area contributed by atoms with Crippen LogP contribution in [-0.2, 0) is 6.42 Å². The normalized spacial score (nSPS) is 11.8. The standard InChI is InChI=1S/C16H27N/c1-14-9-11-15(12-10-14)8-6-5-7-13-17-16(2,3)4/h9-12,17H,5-8,13H2,1-4H3. The molecule has 0 saturated carbocycles. The molecule has 0 aliphatic carbocycles. The van der Waals surface area contributed by atoms with E-state index in [1.165, 1.54) is 36.8 Å². The first kappa shape index (κ1) is 14.2. The van der Waals surface area contributed by atoms with Crippen molar-refractivity contribution in [2.75, 3.05) is 6.54 Å². The smallest absolute Gasteiger partial charge is 0.00965 e. The van der Waals surface area contributed by atoms with Gasteiger partial charge in [-0.25, -0.2) is 0 Å². The summed E-state index contributed by atoms with van der Waals surface area (Å²) in [5.74, 6) is 0. The second kappa shape index (κ2) is 6.80. The molecule has 1 heteroatoms. The molecule has 0 aromatic heterocycles. The van der Waals surface area contributed by atoms with Crippen molar-refractivity contribution in [1.29, 1.82) is 0 Å². The van der Waals surface area contributed by atoms with Crippen LogP contribution in [0.3, 0.4) is 0 Å². The molecule has 1 rings (SSSR count). The molecule has 0 unspecified atom stereocenters. The number of nitrogens with one attached hydrogen (secondary N) is 1.